The van der Waals surface area contributed by atoms with Crippen LogP contribution in [-0.2, 0) is 6.54 Å². The molecule has 0 saturated carbocycles. The number of hydrogen-bond donors (Lipinski definition) is 1. The third-order valence-electron chi connectivity index (χ3n) is 2.70. The minimum absolute atomic E-state index is 0.228. The molecule has 3 nitrogen and oxygen atoms in total. The Balaban J connectivity index is 2.85. The normalized spacial score (nSPS) is 11.8. The van der Waals surface area contributed by atoms with E-state index in [0.29, 0.717) is 23.3 Å². The molecule has 1 aromatic carbocycles. The lowest BCUT2D eigenvalue weighted by Gasteiger charge is -2.16. The summed E-state index contributed by atoms with van der Waals surface area (Å²) < 4.78 is 11.4. The minimum atomic E-state index is 0.228. The summed E-state index contributed by atoms with van der Waals surface area (Å²) in [6, 6.07) is 5.87. The molecule has 0 bridgehead atoms. The summed E-state index contributed by atoms with van der Waals surface area (Å²) in [5.41, 5.74) is 2.35. The average Bonchev–Trinajstić information content (AvgIpc) is 2.46. The van der Waals surface area contributed by atoms with Gasteiger partial charge in [0, 0.05) is 17.6 Å². The molecule has 0 radical (unpaired) electrons. The van der Waals surface area contributed by atoms with Gasteiger partial charge in [0.1, 0.15) is 6.61 Å². The molecule has 0 unspecified atom stereocenters. The first-order valence-corrected chi connectivity index (χ1v) is 7.92. The molecule has 0 aromatic heterocycles. The Bertz CT molecular complexity index is 462. The Morgan fingerprint density at radius 1 is 1.33 bits per heavy atom. The summed E-state index contributed by atoms with van der Waals surface area (Å²) in [5.74, 6) is 2.03. The number of benzene rings is 1. The van der Waals surface area contributed by atoms with Crippen molar-refractivity contribution in [3.63, 3.8) is 0 Å². The lowest BCUT2D eigenvalue weighted by molar-refractivity contribution is 0.292. The summed E-state index contributed by atoms with van der Waals surface area (Å²) in [6.07, 6.45) is 0. The molecule has 0 aliphatic heterocycles. The molecule has 0 saturated heterocycles. The number of rotatable bonds is 9. The zero-order valence-corrected chi connectivity index (χ0v) is 14.3. The molecule has 1 aromatic rings. The van der Waals surface area contributed by atoms with Crippen LogP contribution < -0.4 is 14.8 Å². The van der Waals surface area contributed by atoms with E-state index in [2.05, 4.69) is 19.2 Å². The lowest BCUT2D eigenvalue weighted by atomic mass is 10.1. The van der Waals surface area contributed by atoms with Crippen LogP contribution >= 0.6 is 23.2 Å². The van der Waals surface area contributed by atoms with Gasteiger partial charge in [-0.15, -0.1) is 0 Å². The van der Waals surface area contributed by atoms with Crippen molar-refractivity contribution in [2.45, 2.75) is 27.3 Å². The van der Waals surface area contributed by atoms with Gasteiger partial charge in [0.25, 0.3) is 0 Å². The molecule has 0 aliphatic carbocycles. The van der Waals surface area contributed by atoms with Gasteiger partial charge in [0.2, 0.25) is 0 Å². The summed E-state index contributed by atoms with van der Waals surface area (Å²) in [6.45, 7) is 8.76. The van der Waals surface area contributed by atoms with Crippen molar-refractivity contribution in [2.24, 2.45) is 5.92 Å². The van der Waals surface area contributed by atoms with Crippen LogP contribution in [0.1, 0.15) is 26.3 Å². The van der Waals surface area contributed by atoms with Crippen LogP contribution in [0, 0.1) is 5.92 Å². The fraction of sp³-hybridized carbons (Fsp3) is 0.500. The fourth-order valence-corrected chi connectivity index (χ4v) is 1.92. The van der Waals surface area contributed by atoms with Crippen molar-refractivity contribution in [1.29, 1.82) is 0 Å². The van der Waals surface area contributed by atoms with E-state index in [1.165, 1.54) is 5.54 Å². The predicted octanol–water partition coefficient (Wildman–Crippen LogP) is 4.53. The monoisotopic (exact) mass is 331 g/mol. The molecule has 0 fully saturated rings. The standard InChI is InChI=1S/C16H23Cl2NO2/c1-4-20-15-7-5-6-13(10-19-9-12(2)3)16(15)21-11-14(18)8-17/h5-8,12,19H,4,9-11H2,1-3H3. The van der Waals surface area contributed by atoms with Gasteiger partial charge in [-0.2, -0.15) is 0 Å². The second-order valence-corrected chi connectivity index (χ2v) is 5.75. The van der Waals surface area contributed by atoms with Crippen LogP contribution in [0.4, 0.5) is 0 Å². The summed E-state index contributed by atoms with van der Waals surface area (Å²) >= 11 is 11.5. The highest BCUT2D eigenvalue weighted by atomic mass is 35.5. The number of ether oxygens (including phenoxy) is 2. The molecule has 0 spiro atoms. The van der Waals surface area contributed by atoms with Crippen LogP contribution in [0.3, 0.4) is 0 Å². The molecule has 0 aliphatic rings. The van der Waals surface area contributed by atoms with E-state index in [-0.39, 0.29) is 6.61 Å². The van der Waals surface area contributed by atoms with E-state index >= 15 is 0 Å². The maximum absolute atomic E-state index is 5.89. The van der Waals surface area contributed by atoms with E-state index in [1.807, 2.05) is 25.1 Å². The van der Waals surface area contributed by atoms with Crippen molar-refractivity contribution in [3.05, 3.63) is 34.3 Å². The van der Waals surface area contributed by atoms with Gasteiger partial charge in [-0.1, -0.05) is 49.2 Å². The summed E-state index contributed by atoms with van der Waals surface area (Å²) in [4.78, 5) is 0. The third kappa shape index (κ3) is 6.60. The van der Waals surface area contributed by atoms with Crippen molar-refractivity contribution < 1.29 is 9.47 Å². The molecule has 1 rings (SSSR count). The van der Waals surface area contributed by atoms with E-state index in [9.17, 15) is 0 Å². The summed E-state index contributed by atoms with van der Waals surface area (Å²) in [5, 5.41) is 3.85. The van der Waals surface area contributed by atoms with Gasteiger partial charge in [0.05, 0.1) is 11.6 Å². The first-order valence-electron chi connectivity index (χ1n) is 7.11. The fourth-order valence-electron chi connectivity index (χ4n) is 1.80. The Morgan fingerprint density at radius 3 is 2.71 bits per heavy atom. The third-order valence-corrected chi connectivity index (χ3v) is 3.29. The molecular weight excluding hydrogens is 309 g/mol. The van der Waals surface area contributed by atoms with Crippen LogP contribution in [0.2, 0.25) is 0 Å². The number of para-hydroxylation sites is 1. The second kappa shape index (κ2) is 9.93. The minimum Gasteiger partial charge on any atom is -0.490 e. The van der Waals surface area contributed by atoms with Gasteiger partial charge in [0.15, 0.2) is 11.5 Å². The van der Waals surface area contributed by atoms with Crippen LogP contribution in [-0.4, -0.2) is 19.8 Å². The molecule has 5 heteroatoms. The highest BCUT2D eigenvalue weighted by molar-refractivity contribution is 6.36. The van der Waals surface area contributed by atoms with E-state index in [0.717, 1.165) is 24.4 Å². The Morgan fingerprint density at radius 2 is 2.10 bits per heavy atom. The zero-order valence-electron chi connectivity index (χ0n) is 12.8. The smallest absolute Gasteiger partial charge is 0.166 e. The summed E-state index contributed by atoms with van der Waals surface area (Å²) in [7, 11) is 0. The SMILES string of the molecule is CCOc1cccc(CNCC(C)C)c1OCC(Cl)=CCl. The predicted molar refractivity (Wildman–Crippen MR) is 89.4 cm³/mol. The number of hydrogen-bond acceptors (Lipinski definition) is 3. The maximum Gasteiger partial charge on any atom is 0.166 e. The molecule has 21 heavy (non-hydrogen) atoms. The highest BCUT2D eigenvalue weighted by Gasteiger charge is 2.11. The van der Waals surface area contributed by atoms with Crippen molar-refractivity contribution in [3.8, 4) is 11.5 Å². The molecule has 1 N–H and O–H groups in total. The van der Waals surface area contributed by atoms with Gasteiger partial charge in [-0.05, 0) is 25.5 Å². The second-order valence-electron chi connectivity index (χ2n) is 5.05. The molecule has 118 valence electrons. The highest BCUT2D eigenvalue weighted by Crippen LogP contribution is 2.32. The first-order chi connectivity index (χ1) is 10.1. The van der Waals surface area contributed by atoms with Gasteiger partial charge in [-0.25, -0.2) is 0 Å². The van der Waals surface area contributed by atoms with Crippen LogP contribution in [0.25, 0.3) is 0 Å². The van der Waals surface area contributed by atoms with Gasteiger partial charge < -0.3 is 14.8 Å². The molecule has 0 amide bonds. The molecular formula is C16H23Cl2NO2. The van der Waals surface area contributed by atoms with Crippen LogP contribution in [0.15, 0.2) is 28.8 Å². The van der Waals surface area contributed by atoms with Gasteiger partial charge in [-0.3, -0.25) is 0 Å². The Kier molecular flexibility index (Phi) is 8.58. The Labute approximate surface area is 137 Å². The van der Waals surface area contributed by atoms with Gasteiger partial charge >= 0.3 is 0 Å². The van der Waals surface area contributed by atoms with E-state index in [1.54, 1.807) is 0 Å². The van der Waals surface area contributed by atoms with Crippen molar-refractivity contribution in [2.75, 3.05) is 19.8 Å². The molecule has 0 atom stereocenters. The Hall–Kier alpha value is -0.900. The maximum atomic E-state index is 5.89. The quantitative estimate of drug-likeness (QED) is 0.721. The zero-order chi connectivity index (χ0) is 15.7. The number of halogens is 2. The largest absolute Gasteiger partial charge is 0.490 e. The first kappa shape index (κ1) is 18.1. The van der Waals surface area contributed by atoms with E-state index in [4.69, 9.17) is 32.7 Å². The lowest BCUT2D eigenvalue weighted by Crippen LogP contribution is -2.19. The average molecular weight is 332 g/mol. The molecule has 0 heterocycles. The van der Waals surface area contributed by atoms with E-state index < -0.39 is 0 Å². The topological polar surface area (TPSA) is 30.5 Å². The van der Waals surface area contributed by atoms with Crippen LogP contribution in [0.5, 0.6) is 11.5 Å². The van der Waals surface area contributed by atoms with Crippen molar-refractivity contribution >= 4 is 23.2 Å². The van der Waals surface area contributed by atoms with Crippen molar-refractivity contribution in [1.82, 2.24) is 5.32 Å². The number of nitrogens with one attached hydrogen (secondary N) is 1.